The lowest BCUT2D eigenvalue weighted by Gasteiger charge is -2.18. The van der Waals surface area contributed by atoms with Gasteiger partial charge in [-0.25, -0.2) is 4.39 Å². The molecule has 2 aromatic rings. The van der Waals surface area contributed by atoms with E-state index in [0.717, 1.165) is 10.0 Å². The van der Waals surface area contributed by atoms with Crippen molar-refractivity contribution in [3.8, 4) is 0 Å². The fourth-order valence-corrected chi connectivity index (χ4v) is 2.38. The summed E-state index contributed by atoms with van der Waals surface area (Å²) in [6.45, 7) is 2.04. The Hall–Kier alpha value is -1.19. The van der Waals surface area contributed by atoms with Gasteiger partial charge in [-0.05, 0) is 37.7 Å². The van der Waals surface area contributed by atoms with Gasteiger partial charge in [0.1, 0.15) is 5.82 Å². The fourth-order valence-electron chi connectivity index (χ4n) is 2.00. The van der Waals surface area contributed by atoms with Crippen LogP contribution in [0.1, 0.15) is 22.7 Å². The van der Waals surface area contributed by atoms with E-state index < -0.39 is 0 Å². The summed E-state index contributed by atoms with van der Waals surface area (Å²) in [5.74, 6) is -0.196. The summed E-state index contributed by atoms with van der Waals surface area (Å²) in [6.07, 6.45) is 0. The molecule has 0 radical (unpaired) electrons. The second kappa shape index (κ2) is 5.63. The number of aryl methyl sites for hydroxylation is 1. The van der Waals surface area contributed by atoms with Crippen LogP contribution in [0.2, 0.25) is 0 Å². The molecule has 0 aliphatic carbocycles. The molecule has 0 amide bonds. The molecule has 3 heteroatoms. The van der Waals surface area contributed by atoms with E-state index in [-0.39, 0.29) is 11.9 Å². The maximum absolute atomic E-state index is 13.9. The van der Waals surface area contributed by atoms with Crippen LogP contribution in [0, 0.1) is 12.7 Å². The lowest BCUT2D eigenvalue weighted by Crippen LogP contribution is -2.19. The van der Waals surface area contributed by atoms with Gasteiger partial charge in [0, 0.05) is 10.0 Å². The topological polar surface area (TPSA) is 12.0 Å². The summed E-state index contributed by atoms with van der Waals surface area (Å²) in [5, 5.41) is 3.16. The summed E-state index contributed by atoms with van der Waals surface area (Å²) in [5.41, 5.74) is 2.90. The molecule has 1 nitrogen and oxygen atoms in total. The lowest BCUT2D eigenvalue weighted by atomic mass is 9.97. The minimum atomic E-state index is -0.196. The minimum absolute atomic E-state index is 0.136. The number of nitrogens with one attached hydrogen (secondary N) is 1. The first kappa shape index (κ1) is 13.2. The van der Waals surface area contributed by atoms with Crippen LogP contribution in [0.25, 0.3) is 0 Å². The molecule has 1 unspecified atom stereocenters. The first-order valence-corrected chi connectivity index (χ1v) is 6.60. The maximum atomic E-state index is 13.9. The number of rotatable bonds is 3. The van der Waals surface area contributed by atoms with Crippen molar-refractivity contribution in [2.24, 2.45) is 0 Å². The van der Waals surface area contributed by atoms with E-state index in [0.29, 0.717) is 5.56 Å². The van der Waals surface area contributed by atoms with E-state index in [4.69, 9.17) is 0 Å². The van der Waals surface area contributed by atoms with Crippen molar-refractivity contribution >= 4 is 15.9 Å². The van der Waals surface area contributed by atoms with Gasteiger partial charge in [-0.2, -0.15) is 0 Å². The molecule has 0 heterocycles. The first-order chi connectivity index (χ1) is 8.61. The van der Waals surface area contributed by atoms with Crippen molar-refractivity contribution in [2.75, 3.05) is 7.05 Å². The Balaban J connectivity index is 2.44. The van der Waals surface area contributed by atoms with E-state index in [2.05, 4.69) is 21.2 Å². The largest absolute Gasteiger partial charge is 0.309 e. The van der Waals surface area contributed by atoms with Gasteiger partial charge in [-0.15, -0.1) is 0 Å². The molecule has 0 saturated heterocycles. The maximum Gasteiger partial charge on any atom is 0.128 e. The van der Waals surface area contributed by atoms with Crippen LogP contribution in [-0.4, -0.2) is 7.05 Å². The van der Waals surface area contributed by atoms with Gasteiger partial charge in [0.05, 0.1) is 6.04 Å². The smallest absolute Gasteiger partial charge is 0.128 e. The predicted octanol–water partition coefficient (Wildman–Crippen LogP) is 4.21. The summed E-state index contributed by atoms with van der Waals surface area (Å²) in [6, 6.07) is 13.0. The molecular weight excluding hydrogens is 293 g/mol. The van der Waals surface area contributed by atoms with Crippen LogP contribution >= 0.6 is 15.9 Å². The van der Waals surface area contributed by atoms with Gasteiger partial charge in [-0.3, -0.25) is 0 Å². The van der Waals surface area contributed by atoms with Crippen molar-refractivity contribution in [2.45, 2.75) is 13.0 Å². The second-order valence-corrected chi connectivity index (χ2v) is 5.21. The second-order valence-electron chi connectivity index (χ2n) is 4.30. The molecule has 2 rings (SSSR count). The monoisotopic (exact) mass is 307 g/mol. The Morgan fingerprint density at radius 2 is 1.78 bits per heavy atom. The predicted molar refractivity (Wildman–Crippen MR) is 76.2 cm³/mol. The van der Waals surface area contributed by atoms with E-state index in [1.54, 1.807) is 6.07 Å². The number of benzene rings is 2. The van der Waals surface area contributed by atoms with Crippen LogP contribution in [0.3, 0.4) is 0 Å². The molecule has 0 saturated carbocycles. The Labute approximate surface area is 115 Å². The molecule has 18 heavy (non-hydrogen) atoms. The first-order valence-electron chi connectivity index (χ1n) is 5.80. The molecule has 0 aliphatic heterocycles. The SMILES string of the molecule is CNC(c1ccc(C)cc1)c1cc(Br)ccc1F. The molecule has 0 fully saturated rings. The van der Waals surface area contributed by atoms with Crippen LogP contribution < -0.4 is 5.32 Å². The summed E-state index contributed by atoms with van der Waals surface area (Å²) < 4.78 is 14.8. The fraction of sp³-hybridized carbons (Fsp3) is 0.200. The number of hydrogen-bond donors (Lipinski definition) is 1. The standard InChI is InChI=1S/C15H15BrFN/c1-10-3-5-11(6-4-10)15(18-2)13-9-12(16)7-8-14(13)17/h3-9,15,18H,1-2H3. The molecule has 0 bridgehead atoms. The number of halogens is 2. The lowest BCUT2D eigenvalue weighted by molar-refractivity contribution is 0.575. The summed E-state index contributed by atoms with van der Waals surface area (Å²) >= 11 is 3.38. The van der Waals surface area contributed by atoms with Crippen LogP contribution in [0.4, 0.5) is 4.39 Å². The van der Waals surface area contributed by atoms with Gasteiger partial charge in [0.25, 0.3) is 0 Å². The quantitative estimate of drug-likeness (QED) is 0.896. The Kier molecular flexibility index (Phi) is 4.15. The van der Waals surface area contributed by atoms with Crippen LogP contribution in [-0.2, 0) is 0 Å². The van der Waals surface area contributed by atoms with Gasteiger partial charge in [0.2, 0.25) is 0 Å². The van der Waals surface area contributed by atoms with Crippen molar-refractivity contribution in [1.82, 2.24) is 5.32 Å². The zero-order valence-electron chi connectivity index (χ0n) is 10.4. The number of hydrogen-bond acceptors (Lipinski definition) is 1. The van der Waals surface area contributed by atoms with Crippen molar-refractivity contribution in [3.63, 3.8) is 0 Å². The van der Waals surface area contributed by atoms with E-state index in [9.17, 15) is 4.39 Å². The normalized spacial score (nSPS) is 12.4. The minimum Gasteiger partial charge on any atom is -0.309 e. The molecule has 94 valence electrons. The third kappa shape index (κ3) is 2.79. The average Bonchev–Trinajstić information content (AvgIpc) is 2.37. The van der Waals surface area contributed by atoms with Crippen molar-refractivity contribution in [1.29, 1.82) is 0 Å². The molecule has 2 aromatic carbocycles. The van der Waals surface area contributed by atoms with Crippen molar-refractivity contribution < 1.29 is 4.39 Å². The molecular formula is C15H15BrFN. The van der Waals surface area contributed by atoms with Gasteiger partial charge in [-0.1, -0.05) is 45.8 Å². The zero-order valence-corrected chi connectivity index (χ0v) is 12.0. The van der Waals surface area contributed by atoms with Crippen LogP contribution in [0.5, 0.6) is 0 Å². The summed E-state index contributed by atoms with van der Waals surface area (Å²) in [4.78, 5) is 0. The average molecular weight is 308 g/mol. The van der Waals surface area contributed by atoms with E-state index in [1.807, 2.05) is 44.3 Å². The molecule has 1 N–H and O–H groups in total. The van der Waals surface area contributed by atoms with Gasteiger partial charge < -0.3 is 5.32 Å². The Morgan fingerprint density at radius 3 is 2.39 bits per heavy atom. The highest BCUT2D eigenvalue weighted by Crippen LogP contribution is 2.27. The van der Waals surface area contributed by atoms with Gasteiger partial charge >= 0.3 is 0 Å². The third-order valence-corrected chi connectivity index (χ3v) is 3.46. The highest BCUT2D eigenvalue weighted by atomic mass is 79.9. The highest BCUT2D eigenvalue weighted by Gasteiger charge is 2.16. The highest BCUT2D eigenvalue weighted by molar-refractivity contribution is 9.10. The molecule has 1 atom stereocenters. The molecule has 0 aliphatic rings. The third-order valence-electron chi connectivity index (χ3n) is 2.97. The molecule has 0 aromatic heterocycles. The van der Waals surface area contributed by atoms with Crippen molar-refractivity contribution in [3.05, 3.63) is 69.4 Å². The van der Waals surface area contributed by atoms with Crippen LogP contribution in [0.15, 0.2) is 46.9 Å². The summed E-state index contributed by atoms with van der Waals surface area (Å²) in [7, 11) is 1.84. The van der Waals surface area contributed by atoms with E-state index in [1.165, 1.54) is 11.6 Å². The Bertz CT molecular complexity index is 537. The van der Waals surface area contributed by atoms with Gasteiger partial charge in [0.15, 0.2) is 0 Å². The zero-order chi connectivity index (χ0) is 13.1. The van der Waals surface area contributed by atoms with E-state index >= 15 is 0 Å². The Morgan fingerprint density at radius 1 is 1.11 bits per heavy atom. The molecule has 0 spiro atoms.